The zero-order valence-corrected chi connectivity index (χ0v) is 19.6. The number of nitrogens with zero attached hydrogens (tertiary/aromatic N) is 1. The van der Waals surface area contributed by atoms with Crippen LogP contribution in [0.25, 0.3) is 10.9 Å². The topological polar surface area (TPSA) is 163 Å². The Morgan fingerprint density at radius 1 is 1.18 bits per heavy atom. The first-order chi connectivity index (χ1) is 16.0. The lowest BCUT2D eigenvalue weighted by Crippen LogP contribution is -2.52. The van der Waals surface area contributed by atoms with Gasteiger partial charge in [-0.25, -0.2) is 9.59 Å². The number of aromatic amines is 1. The number of aliphatic hydroxyl groups is 2. The molecule has 6 atom stereocenters. The van der Waals surface area contributed by atoms with Crippen molar-refractivity contribution in [1.82, 2.24) is 15.2 Å². The molecule has 34 heavy (non-hydrogen) atoms. The summed E-state index contributed by atoms with van der Waals surface area (Å²) in [6.07, 6.45) is 0.653. The van der Waals surface area contributed by atoms with E-state index < -0.39 is 24.1 Å². The van der Waals surface area contributed by atoms with Gasteiger partial charge in [-0.15, -0.1) is 0 Å². The van der Waals surface area contributed by atoms with Crippen molar-refractivity contribution in [2.75, 3.05) is 13.6 Å². The van der Waals surface area contributed by atoms with Crippen molar-refractivity contribution in [3.05, 3.63) is 35.5 Å². The average Bonchev–Trinajstić information content (AvgIpc) is 3.23. The van der Waals surface area contributed by atoms with Crippen molar-refractivity contribution >= 4 is 28.7 Å². The lowest BCUT2D eigenvalue weighted by atomic mass is 9.72. The van der Waals surface area contributed by atoms with E-state index in [1.54, 1.807) is 0 Å². The normalized spacial score (nSPS) is 24.2. The number of carboxylic acids is 2. The van der Waals surface area contributed by atoms with Crippen molar-refractivity contribution in [2.45, 2.75) is 63.3 Å². The molecule has 6 N–H and O–H groups in total. The van der Waals surface area contributed by atoms with Gasteiger partial charge in [0, 0.05) is 41.6 Å². The quantitative estimate of drug-likeness (QED) is 0.359. The second-order valence-corrected chi connectivity index (χ2v) is 9.22. The summed E-state index contributed by atoms with van der Waals surface area (Å²) in [5.41, 5.74) is 4.08. The van der Waals surface area contributed by atoms with Gasteiger partial charge in [0.15, 0.2) is 12.2 Å². The molecule has 2 aromatic rings. The third-order valence-electron chi connectivity index (χ3n) is 6.90. The maximum absolute atomic E-state index is 12.7. The molecular formula is C24H33N3O7. The van der Waals surface area contributed by atoms with Gasteiger partial charge in [0.2, 0.25) is 5.91 Å². The van der Waals surface area contributed by atoms with E-state index in [0.29, 0.717) is 12.0 Å². The molecule has 1 aromatic heterocycles. The zero-order chi connectivity index (χ0) is 25.2. The summed E-state index contributed by atoms with van der Waals surface area (Å²) < 4.78 is 0. The van der Waals surface area contributed by atoms with Crippen LogP contribution < -0.4 is 5.32 Å². The number of amides is 1. The van der Waals surface area contributed by atoms with Crippen LogP contribution >= 0.6 is 0 Å². The number of likely N-dealkylation sites (tertiary alicyclic amines) is 1. The van der Waals surface area contributed by atoms with E-state index in [9.17, 15) is 14.4 Å². The molecule has 1 aliphatic heterocycles. The predicted octanol–water partition coefficient (Wildman–Crippen LogP) is 0.920. The molecule has 1 aliphatic carbocycles. The Morgan fingerprint density at radius 3 is 2.41 bits per heavy atom. The van der Waals surface area contributed by atoms with Crippen LogP contribution in [-0.4, -0.2) is 86.0 Å². The van der Waals surface area contributed by atoms with Crippen LogP contribution in [0.1, 0.15) is 43.7 Å². The Bertz CT molecular complexity index is 1030. The fourth-order valence-electron chi connectivity index (χ4n) is 4.86. The minimum Gasteiger partial charge on any atom is -0.479 e. The third kappa shape index (κ3) is 5.24. The number of fused-ring (bicyclic) bond motifs is 2. The second kappa shape index (κ2) is 10.5. The van der Waals surface area contributed by atoms with Gasteiger partial charge in [-0.2, -0.15) is 0 Å². The van der Waals surface area contributed by atoms with Gasteiger partial charge >= 0.3 is 11.9 Å². The van der Waals surface area contributed by atoms with E-state index in [-0.39, 0.29) is 17.9 Å². The van der Waals surface area contributed by atoms with Gasteiger partial charge in [-0.3, -0.25) is 4.79 Å². The first kappa shape index (κ1) is 25.7. The fraction of sp³-hybridized carbons (Fsp3) is 0.542. The maximum Gasteiger partial charge on any atom is 0.335 e. The number of hydrogen-bond donors (Lipinski definition) is 6. The Balaban J connectivity index is 0.000000277. The summed E-state index contributed by atoms with van der Waals surface area (Å²) in [6.45, 7) is 5.06. The lowest BCUT2D eigenvalue weighted by molar-refractivity contribution is -0.165. The number of nitrogens with one attached hydrogen (secondary N) is 2. The SMILES string of the molecule is CCC(C)NC(=O)C1CC2c3cccc4[nH]cc(c34)C[C@H]2N(C)C1.O=C(O)C(O)C(O)C(=O)O. The molecule has 0 radical (unpaired) electrons. The smallest absolute Gasteiger partial charge is 0.335 e. The van der Waals surface area contributed by atoms with E-state index in [0.717, 1.165) is 25.8 Å². The Morgan fingerprint density at radius 2 is 1.82 bits per heavy atom. The van der Waals surface area contributed by atoms with Crippen molar-refractivity contribution in [3.8, 4) is 0 Å². The Labute approximate surface area is 197 Å². The van der Waals surface area contributed by atoms with E-state index in [4.69, 9.17) is 20.4 Å². The fourth-order valence-corrected chi connectivity index (χ4v) is 4.86. The highest BCUT2D eigenvalue weighted by molar-refractivity contribution is 5.88. The summed E-state index contributed by atoms with van der Waals surface area (Å²) in [4.78, 5) is 38.0. The van der Waals surface area contributed by atoms with E-state index in [1.807, 2.05) is 0 Å². The number of rotatable bonds is 6. The van der Waals surface area contributed by atoms with Gasteiger partial charge in [0.25, 0.3) is 0 Å². The number of carbonyl (C=O) groups excluding carboxylic acids is 1. The van der Waals surface area contributed by atoms with Crippen molar-refractivity contribution in [1.29, 1.82) is 0 Å². The number of benzene rings is 1. The van der Waals surface area contributed by atoms with Crippen LogP contribution in [0.15, 0.2) is 24.4 Å². The Hall–Kier alpha value is -2.95. The van der Waals surface area contributed by atoms with Crippen LogP contribution in [0.4, 0.5) is 0 Å². The highest BCUT2D eigenvalue weighted by Crippen LogP contribution is 2.44. The summed E-state index contributed by atoms with van der Waals surface area (Å²) in [7, 11) is 2.18. The third-order valence-corrected chi connectivity index (χ3v) is 6.90. The number of aromatic nitrogens is 1. The first-order valence-electron chi connectivity index (χ1n) is 11.5. The van der Waals surface area contributed by atoms with E-state index in [2.05, 4.69) is 60.5 Å². The monoisotopic (exact) mass is 475 g/mol. The number of H-pyrrole nitrogens is 1. The average molecular weight is 476 g/mol. The lowest BCUT2D eigenvalue weighted by Gasteiger charge is -2.45. The molecule has 5 unspecified atom stereocenters. The van der Waals surface area contributed by atoms with Gasteiger partial charge in [-0.05, 0) is 50.4 Å². The highest BCUT2D eigenvalue weighted by atomic mass is 16.4. The van der Waals surface area contributed by atoms with E-state index >= 15 is 0 Å². The van der Waals surface area contributed by atoms with Gasteiger partial charge < -0.3 is 35.6 Å². The largest absolute Gasteiger partial charge is 0.479 e. The molecule has 0 saturated carbocycles. The van der Waals surface area contributed by atoms with Crippen LogP contribution in [-0.2, 0) is 20.8 Å². The summed E-state index contributed by atoms with van der Waals surface area (Å²) in [6, 6.07) is 7.32. The molecule has 0 bridgehead atoms. The molecule has 0 spiro atoms. The molecule has 10 nitrogen and oxygen atoms in total. The number of piperidine rings is 1. The molecule has 1 fully saturated rings. The van der Waals surface area contributed by atoms with Crippen LogP contribution in [0.5, 0.6) is 0 Å². The molecule has 1 aromatic carbocycles. The van der Waals surface area contributed by atoms with Gasteiger partial charge in [0.1, 0.15) is 0 Å². The number of carbonyl (C=O) groups is 3. The predicted molar refractivity (Wildman–Crippen MR) is 124 cm³/mol. The minimum absolute atomic E-state index is 0.0843. The van der Waals surface area contributed by atoms with Crippen molar-refractivity contribution < 1.29 is 34.8 Å². The Kier molecular flexibility index (Phi) is 7.96. The summed E-state index contributed by atoms with van der Waals surface area (Å²) in [5, 5.41) is 37.1. The number of likely N-dealkylation sites (N-methyl/N-ethyl adjacent to an activating group) is 1. The minimum atomic E-state index is -2.27. The standard InChI is InChI=1S/C20H27N3O.C4H6O6/c1-4-12(2)22-20(24)14-8-16-15-6-5-7-17-19(15)13(10-21-17)9-18(16)23(3)11-14;5-1(3(7)8)2(6)4(9)10/h5-7,10,12,14,16,18,21H,4,8-9,11H2,1-3H3,(H,22,24);1-2,5-6H,(H,7,8)(H,9,10)/t12?,14?,16?,18-;/m1./s1. The van der Waals surface area contributed by atoms with Crippen LogP contribution in [0, 0.1) is 5.92 Å². The van der Waals surface area contributed by atoms with Crippen LogP contribution in [0.2, 0.25) is 0 Å². The number of aliphatic hydroxyl groups excluding tert-OH is 2. The molecule has 2 aliphatic rings. The number of hydrogen-bond acceptors (Lipinski definition) is 6. The van der Waals surface area contributed by atoms with Crippen molar-refractivity contribution in [2.24, 2.45) is 5.92 Å². The van der Waals surface area contributed by atoms with Gasteiger partial charge in [0.05, 0.1) is 5.92 Å². The van der Waals surface area contributed by atoms with Crippen molar-refractivity contribution in [3.63, 3.8) is 0 Å². The molecule has 1 amide bonds. The molecular weight excluding hydrogens is 442 g/mol. The summed E-state index contributed by atoms with van der Waals surface area (Å²) >= 11 is 0. The molecule has 1 saturated heterocycles. The molecule has 2 heterocycles. The second-order valence-electron chi connectivity index (χ2n) is 9.22. The van der Waals surface area contributed by atoms with E-state index in [1.165, 1.54) is 22.0 Å². The maximum atomic E-state index is 12.7. The number of carboxylic acid groups (broad SMARTS) is 2. The first-order valence-corrected chi connectivity index (χ1v) is 11.5. The summed E-state index contributed by atoms with van der Waals surface area (Å²) in [5.74, 6) is -2.78. The number of aliphatic carboxylic acids is 2. The highest BCUT2D eigenvalue weighted by Gasteiger charge is 2.41. The molecule has 186 valence electrons. The van der Waals surface area contributed by atoms with Crippen LogP contribution in [0.3, 0.4) is 0 Å². The molecule has 10 heteroatoms. The van der Waals surface area contributed by atoms with Gasteiger partial charge in [-0.1, -0.05) is 19.1 Å². The molecule has 4 rings (SSSR count). The zero-order valence-electron chi connectivity index (χ0n) is 19.6.